The molecule has 1 heterocycles. The van der Waals surface area contributed by atoms with Gasteiger partial charge in [0.25, 0.3) is 0 Å². The molecule has 0 radical (unpaired) electrons. The number of rotatable bonds is 2. The van der Waals surface area contributed by atoms with Gasteiger partial charge in [0.15, 0.2) is 0 Å². The Morgan fingerprint density at radius 3 is 1.65 bits per heavy atom. The van der Waals surface area contributed by atoms with Crippen molar-refractivity contribution in [3.63, 3.8) is 0 Å². The zero-order valence-electron chi connectivity index (χ0n) is 14.4. The van der Waals surface area contributed by atoms with Crippen molar-refractivity contribution in [1.82, 2.24) is 15.0 Å². The van der Waals surface area contributed by atoms with Gasteiger partial charge < -0.3 is 30.2 Å². The SMILES string of the molecule is [CH2-]CC.[CH2-]CC(=O)C(C)(C)C.[CH2-]Cn1cc([CH2-])nn1.[W+2].[W+2].[W].[W]. The van der Waals surface area contributed by atoms with E-state index < -0.39 is 0 Å². The van der Waals surface area contributed by atoms with E-state index in [1.54, 1.807) is 10.9 Å². The number of carbonyl (C=O) groups excluding carboxylic acids is 1. The van der Waals surface area contributed by atoms with Crippen molar-refractivity contribution in [2.45, 2.75) is 47.1 Å². The first-order chi connectivity index (χ1) is 8.72. The number of Topliss-reactive ketones (excluding diaryl/α,β-unsaturated/α-hetero) is 1. The van der Waals surface area contributed by atoms with Gasteiger partial charge in [-0.3, -0.25) is 0 Å². The molecular formula is C15H27N3OW4. The second-order valence-corrected chi connectivity index (χ2v) is 4.90. The van der Waals surface area contributed by atoms with Gasteiger partial charge in [-0.05, 0) is 0 Å². The Balaban J connectivity index is -0.0000000467. The molecule has 0 fully saturated rings. The minimum Gasteiger partial charge on any atom is -0.360 e. The Bertz CT molecular complexity index is 353. The van der Waals surface area contributed by atoms with Crippen LogP contribution in [-0.4, -0.2) is 20.8 Å². The molecule has 0 aromatic carbocycles. The van der Waals surface area contributed by atoms with Gasteiger partial charge in [0, 0.05) is 47.5 Å². The van der Waals surface area contributed by atoms with Crippen LogP contribution in [0.4, 0.5) is 0 Å². The molecule has 0 saturated heterocycles. The van der Waals surface area contributed by atoms with E-state index in [0.29, 0.717) is 18.7 Å². The summed E-state index contributed by atoms with van der Waals surface area (Å²) in [5.74, 6) is 0.220. The number of ketones is 1. The summed E-state index contributed by atoms with van der Waals surface area (Å²) in [5, 5.41) is 7.33. The summed E-state index contributed by atoms with van der Waals surface area (Å²) < 4.78 is 1.63. The van der Waals surface area contributed by atoms with Crippen molar-refractivity contribution in [1.29, 1.82) is 0 Å². The Morgan fingerprint density at radius 2 is 1.57 bits per heavy atom. The van der Waals surface area contributed by atoms with Gasteiger partial charge in [-0.25, -0.2) is 6.92 Å². The molecule has 23 heavy (non-hydrogen) atoms. The van der Waals surface area contributed by atoms with Gasteiger partial charge >= 0.3 is 42.1 Å². The predicted octanol–water partition coefficient (Wildman–Crippen LogP) is 3.34. The Kier molecular flexibility index (Phi) is 40.2. The zero-order valence-corrected chi connectivity index (χ0v) is 26.1. The molecule has 0 amide bonds. The third-order valence-electron chi connectivity index (χ3n) is 1.88. The molecule has 0 bridgehead atoms. The van der Waals surface area contributed by atoms with Crippen molar-refractivity contribution < 1.29 is 89.1 Å². The molecule has 0 atom stereocenters. The molecule has 0 aliphatic heterocycles. The molecule has 0 saturated carbocycles. The molecule has 0 aliphatic carbocycles. The summed E-state index contributed by atoms with van der Waals surface area (Å²) in [5.41, 5.74) is 0.496. The predicted molar refractivity (Wildman–Crippen MR) is 79.9 cm³/mol. The van der Waals surface area contributed by atoms with Crippen LogP contribution in [-0.2, 0) is 95.6 Å². The average molecular weight is 1000 g/mol. The van der Waals surface area contributed by atoms with Crippen LogP contribution in [0.25, 0.3) is 0 Å². The van der Waals surface area contributed by atoms with E-state index in [1.165, 1.54) is 0 Å². The number of nitrogens with zero attached hydrogens (tertiary/aromatic N) is 3. The minimum atomic E-state index is -0.193. The molecule has 0 N–H and O–H groups in total. The maximum Gasteiger partial charge on any atom is 2.00 e. The third kappa shape index (κ3) is 25.8. The Hall–Kier alpha value is 1.43. The van der Waals surface area contributed by atoms with E-state index >= 15 is 0 Å². The van der Waals surface area contributed by atoms with Crippen molar-refractivity contribution in [2.75, 3.05) is 0 Å². The first-order valence-corrected chi connectivity index (χ1v) is 6.36. The van der Waals surface area contributed by atoms with Crippen LogP contribution in [0.3, 0.4) is 0 Å². The molecule has 8 heteroatoms. The second kappa shape index (κ2) is 23.4. The van der Waals surface area contributed by atoms with Gasteiger partial charge in [0.2, 0.25) is 0 Å². The van der Waals surface area contributed by atoms with Crippen molar-refractivity contribution in [2.24, 2.45) is 5.41 Å². The maximum absolute atomic E-state index is 10.8. The van der Waals surface area contributed by atoms with Crippen LogP contribution in [0.2, 0.25) is 0 Å². The molecule has 1 aromatic heterocycles. The largest absolute Gasteiger partial charge is 2.00 e. The summed E-state index contributed by atoms with van der Waals surface area (Å²) in [6.07, 6.45) is 3.15. The van der Waals surface area contributed by atoms with Gasteiger partial charge in [-0.15, -0.1) is 13.0 Å². The first-order valence-electron chi connectivity index (χ1n) is 6.36. The van der Waals surface area contributed by atoms with E-state index in [2.05, 4.69) is 38.0 Å². The summed E-state index contributed by atoms with van der Waals surface area (Å²) in [7, 11) is 0. The fourth-order valence-electron chi connectivity index (χ4n) is 0.823. The standard InChI is InChI=1S/C7H13O.C5H7N3.C3H7.4W/c1-5-6(8)7(2,3)4;1-3-8-4-5(2)6-7-8;1-3-2;;;;/h1,5H2,2-4H3;4H,1-3H2;1,3H2,2H3;;;;/q-1;-2;-1;;;2*+2. The van der Waals surface area contributed by atoms with Crippen LogP contribution in [0.5, 0.6) is 0 Å². The van der Waals surface area contributed by atoms with Crippen molar-refractivity contribution >= 4 is 5.78 Å². The smallest absolute Gasteiger partial charge is 0.360 e. The fourth-order valence-corrected chi connectivity index (χ4v) is 0.823. The summed E-state index contributed by atoms with van der Waals surface area (Å²) in [4.78, 5) is 10.8. The number of aromatic nitrogens is 3. The van der Waals surface area contributed by atoms with E-state index in [0.717, 1.165) is 6.42 Å². The summed E-state index contributed by atoms with van der Waals surface area (Å²) in [6, 6.07) is 0. The number of hydrogen-bond acceptors (Lipinski definition) is 3. The molecule has 1 aromatic rings. The van der Waals surface area contributed by atoms with Crippen LogP contribution < -0.4 is 0 Å². The van der Waals surface area contributed by atoms with Crippen molar-refractivity contribution in [3.8, 4) is 0 Å². The zero-order chi connectivity index (χ0) is 15.5. The van der Waals surface area contributed by atoms with Crippen LogP contribution in [0.15, 0.2) is 6.20 Å². The van der Waals surface area contributed by atoms with Crippen molar-refractivity contribution in [3.05, 3.63) is 39.6 Å². The molecule has 0 aliphatic rings. The monoisotopic (exact) mass is 1000 g/mol. The van der Waals surface area contributed by atoms with Crippen LogP contribution >= 0.6 is 0 Å². The van der Waals surface area contributed by atoms with E-state index in [-0.39, 0.29) is 95.5 Å². The van der Waals surface area contributed by atoms with Gasteiger partial charge in [-0.1, -0.05) is 44.8 Å². The minimum absolute atomic E-state index is 0. The maximum atomic E-state index is 10.8. The quantitative estimate of drug-likeness (QED) is 0.428. The number of carbonyl (C=O) groups is 1. The first kappa shape index (κ1) is 39.5. The third-order valence-corrected chi connectivity index (χ3v) is 1.88. The van der Waals surface area contributed by atoms with E-state index in [1.807, 2.05) is 27.7 Å². The molecule has 0 unspecified atom stereocenters. The average Bonchev–Trinajstić information content (AvgIpc) is 2.74. The molecule has 4 nitrogen and oxygen atoms in total. The second-order valence-electron chi connectivity index (χ2n) is 4.90. The molecule has 0 spiro atoms. The topological polar surface area (TPSA) is 47.8 Å². The fraction of sp³-hybridized carbons (Fsp3) is 0.533. The van der Waals surface area contributed by atoms with Gasteiger partial charge in [-0.2, -0.15) is 11.5 Å². The summed E-state index contributed by atoms with van der Waals surface area (Å²) in [6.45, 7) is 22.5. The molecular weight excluding hydrogens is 974 g/mol. The molecule has 132 valence electrons. The Morgan fingerprint density at radius 1 is 1.17 bits per heavy atom. The van der Waals surface area contributed by atoms with Crippen LogP contribution in [0, 0.1) is 33.1 Å². The Labute approximate surface area is 200 Å². The van der Waals surface area contributed by atoms with Gasteiger partial charge in [0.1, 0.15) is 5.78 Å². The summed E-state index contributed by atoms with van der Waals surface area (Å²) >= 11 is 0. The van der Waals surface area contributed by atoms with Gasteiger partial charge in [0.05, 0.1) is 0 Å². The number of hydrogen-bond donors (Lipinski definition) is 0. The van der Waals surface area contributed by atoms with E-state index in [9.17, 15) is 4.79 Å². The van der Waals surface area contributed by atoms with E-state index in [4.69, 9.17) is 0 Å². The normalized spacial score (nSPS) is 8.13. The van der Waals surface area contributed by atoms with Crippen LogP contribution in [0.1, 0.15) is 46.2 Å². The molecule has 1 rings (SSSR count).